The number of rotatable bonds is 8. The van der Waals surface area contributed by atoms with Gasteiger partial charge in [-0.25, -0.2) is 9.18 Å². The van der Waals surface area contributed by atoms with E-state index < -0.39 is 18.4 Å². The van der Waals surface area contributed by atoms with Crippen molar-refractivity contribution >= 4 is 17.9 Å². The fourth-order valence-electron chi connectivity index (χ4n) is 3.38. The minimum Gasteiger partial charge on any atom is -0.494 e. The Morgan fingerprint density at radius 3 is 2.45 bits per heavy atom. The molecular weight excluding hydrogens is 397 g/mol. The molecule has 0 spiro atoms. The number of carboxylic acids is 1. The van der Waals surface area contributed by atoms with Gasteiger partial charge in [0.15, 0.2) is 18.2 Å². The van der Waals surface area contributed by atoms with Gasteiger partial charge in [-0.3, -0.25) is 4.99 Å². The zero-order valence-electron chi connectivity index (χ0n) is 17.7. The quantitative estimate of drug-likeness (QED) is 0.472. The summed E-state index contributed by atoms with van der Waals surface area (Å²) in [5.41, 5.74) is 5.72. The third-order valence-electron chi connectivity index (χ3n) is 4.62. The molecule has 31 heavy (non-hydrogen) atoms. The van der Waals surface area contributed by atoms with E-state index in [1.54, 1.807) is 12.3 Å². The van der Waals surface area contributed by atoms with Crippen LogP contribution in [0.15, 0.2) is 59.6 Å². The number of carboxylic acid groups (broad SMARTS) is 1. The number of halogens is 1. The van der Waals surface area contributed by atoms with Gasteiger partial charge in [0.25, 0.3) is 0 Å². The van der Waals surface area contributed by atoms with Crippen molar-refractivity contribution in [3.8, 4) is 22.6 Å². The highest BCUT2D eigenvalue weighted by Crippen LogP contribution is 2.31. The molecule has 3 rings (SSSR count). The maximum atomic E-state index is 14.1. The molecule has 0 aliphatic heterocycles. The molecule has 0 fully saturated rings. The summed E-state index contributed by atoms with van der Waals surface area (Å²) in [4.78, 5) is 14.9. The van der Waals surface area contributed by atoms with Crippen LogP contribution in [-0.4, -0.2) is 30.5 Å². The second-order valence-electron chi connectivity index (χ2n) is 7.05. The average Bonchev–Trinajstić information content (AvgIpc) is 2.71. The van der Waals surface area contributed by atoms with Gasteiger partial charge in [0, 0.05) is 12.3 Å². The molecule has 0 amide bonds. The molecule has 0 saturated heterocycles. The van der Waals surface area contributed by atoms with Gasteiger partial charge in [0.2, 0.25) is 0 Å². The van der Waals surface area contributed by atoms with Crippen LogP contribution in [0.1, 0.15) is 23.6 Å². The molecule has 0 unspecified atom stereocenters. The fourth-order valence-corrected chi connectivity index (χ4v) is 3.38. The number of aliphatic carboxylic acids is 1. The molecule has 0 aliphatic carbocycles. The Morgan fingerprint density at radius 1 is 1.06 bits per heavy atom. The number of hydrogen-bond donors (Lipinski definition) is 1. The van der Waals surface area contributed by atoms with Gasteiger partial charge < -0.3 is 14.6 Å². The van der Waals surface area contributed by atoms with Gasteiger partial charge in [-0.05, 0) is 78.9 Å². The minimum absolute atomic E-state index is 0.121. The summed E-state index contributed by atoms with van der Waals surface area (Å²) in [6.45, 7) is 6.10. The molecule has 0 aromatic heterocycles. The second kappa shape index (κ2) is 9.89. The van der Waals surface area contributed by atoms with Crippen LogP contribution < -0.4 is 9.47 Å². The van der Waals surface area contributed by atoms with E-state index >= 15 is 0 Å². The van der Waals surface area contributed by atoms with Gasteiger partial charge >= 0.3 is 5.97 Å². The highest BCUT2D eigenvalue weighted by molar-refractivity contribution is 5.85. The van der Waals surface area contributed by atoms with Crippen molar-refractivity contribution in [3.63, 3.8) is 0 Å². The van der Waals surface area contributed by atoms with Crippen molar-refractivity contribution in [1.82, 2.24) is 0 Å². The number of nitrogens with zero attached hydrogens (tertiary/aromatic N) is 1. The Bertz CT molecular complexity index is 1100. The van der Waals surface area contributed by atoms with Gasteiger partial charge in [-0.2, -0.15) is 0 Å². The fraction of sp³-hybridized carbons (Fsp3) is 0.200. The molecule has 3 aromatic carbocycles. The number of hydrogen-bond acceptors (Lipinski definition) is 4. The second-order valence-corrected chi connectivity index (χ2v) is 7.05. The van der Waals surface area contributed by atoms with Crippen molar-refractivity contribution in [1.29, 1.82) is 0 Å². The predicted octanol–water partition coefficient (Wildman–Crippen LogP) is 5.72. The van der Waals surface area contributed by atoms with E-state index in [1.165, 1.54) is 12.1 Å². The topological polar surface area (TPSA) is 68.1 Å². The van der Waals surface area contributed by atoms with Crippen molar-refractivity contribution in [2.75, 3.05) is 13.2 Å². The average molecular weight is 421 g/mol. The molecular formula is C25H24FNO4. The molecule has 0 bridgehead atoms. The van der Waals surface area contributed by atoms with Gasteiger partial charge in [-0.1, -0.05) is 18.2 Å². The third kappa shape index (κ3) is 5.69. The first-order valence-electron chi connectivity index (χ1n) is 9.90. The van der Waals surface area contributed by atoms with Crippen LogP contribution in [-0.2, 0) is 4.79 Å². The van der Waals surface area contributed by atoms with E-state index in [4.69, 9.17) is 14.6 Å². The molecule has 160 valence electrons. The number of ether oxygens (including phenoxy) is 2. The van der Waals surface area contributed by atoms with Crippen molar-refractivity contribution in [3.05, 3.63) is 77.1 Å². The van der Waals surface area contributed by atoms with Crippen LogP contribution in [0.2, 0.25) is 0 Å². The number of carbonyl (C=O) groups is 1. The third-order valence-corrected chi connectivity index (χ3v) is 4.62. The monoisotopic (exact) mass is 421 g/mol. The minimum atomic E-state index is -1.17. The largest absolute Gasteiger partial charge is 0.494 e. The smallest absolute Gasteiger partial charge is 0.341 e. The van der Waals surface area contributed by atoms with Gasteiger partial charge in [0.05, 0.1) is 12.3 Å². The lowest BCUT2D eigenvalue weighted by Gasteiger charge is -2.13. The lowest BCUT2D eigenvalue weighted by Crippen LogP contribution is -2.10. The first-order chi connectivity index (χ1) is 14.9. The molecule has 1 N–H and O–H groups in total. The van der Waals surface area contributed by atoms with E-state index in [0.717, 1.165) is 33.6 Å². The van der Waals surface area contributed by atoms with Crippen molar-refractivity contribution < 1.29 is 23.8 Å². The predicted molar refractivity (Wildman–Crippen MR) is 119 cm³/mol. The van der Waals surface area contributed by atoms with Crippen LogP contribution in [0, 0.1) is 19.7 Å². The molecule has 3 aromatic rings. The summed E-state index contributed by atoms with van der Waals surface area (Å²) >= 11 is 0. The van der Waals surface area contributed by atoms with Gasteiger partial charge in [-0.15, -0.1) is 0 Å². The van der Waals surface area contributed by atoms with Crippen LogP contribution in [0.5, 0.6) is 11.5 Å². The summed E-state index contributed by atoms with van der Waals surface area (Å²) in [5.74, 6) is -1.09. The Hall–Kier alpha value is -3.67. The molecule has 0 aliphatic rings. The highest BCUT2D eigenvalue weighted by atomic mass is 19.1. The van der Waals surface area contributed by atoms with Crippen LogP contribution in [0.25, 0.3) is 11.1 Å². The molecule has 5 nitrogen and oxygen atoms in total. The lowest BCUT2D eigenvalue weighted by atomic mass is 9.94. The normalized spacial score (nSPS) is 11.0. The number of aryl methyl sites for hydroxylation is 2. The summed E-state index contributed by atoms with van der Waals surface area (Å²) in [6.07, 6.45) is 1.66. The highest BCUT2D eigenvalue weighted by Gasteiger charge is 2.09. The first-order valence-corrected chi connectivity index (χ1v) is 9.90. The molecule has 6 heteroatoms. The van der Waals surface area contributed by atoms with Crippen LogP contribution in [0.4, 0.5) is 10.1 Å². The van der Waals surface area contributed by atoms with Crippen LogP contribution >= 0.6 is 0 Å². The van der Waals surface area contributed by atoms with Crippen molar-refractivity contribution in [2.45, 2.75) is 20.8 Å². The Morgan fingerprint density at radius 2 is 1.81 bits per heavy atom. The van der Waals surface area contributed by atoms with E-state index in [0.29, 0.717) is 12.3 Å². The van der Waals surface area contributed by atoms with Gasteiger partial charge in [0.1, 0.15) is 5.75 Å². The molecule has 0 heterocycles. The summed E-state index contributed by atoms with van der Waals surface area (Å²) in [7, 11) is 0. The zero-order chi connectivity index (χ0) is 22.4. The number of aliphatic imine (C=N–C) groups is 1. The first kappa shape index (κ1) is 22.0. The molecule has 0 saturated carbocycles. The van der Waals surface area contributed by atoms with E-state index in [1.807, 2.05) is 43.3 Å². The summed E-state index contributed by atoms with van der Waals surface area (Å²) in [6, 6.07) is 16.2. The Kier molecular flexibility index (Phi) is 7.03. The maximum absolute atomic E-state index is 14.1. The van der Waals surface area contributed by atoms with Crippen molar-refractivity contribution in [2.24, 2.45) is 4.99 Å². The Labute approximate surface area is 180 Å². The van der Waals surface area contributed by atoms with E-state index in [9.17, 15) is 9.18 Å². The van der Waals surface area contributed by atoms with E-state index in [2.05, 4.69) is 18.8 Å². The number of benzene rings is 3. The Balaban J connectivity index is 1.82. The standard InChI is InChI=1S/C25H24FNO4/c1-4-30-21-10-16(2)25(17(3)11-21)19-7-5-6-18(12-19)14-27-20-8-9-23(22(26)13-20)31-15-24(28)29/h5-14H,4,15H2,1-3H3,(H,28,29). The molecule has 0 radical (unpaired) electrons. The lowest BCUT2D eigenvalue weighted by molar-refractivity contribution is -0.139. The summed E-state index contributed by atoms with van der Waals surface area (Å²) in [5, 5.41) is 8.63. The SMILES string of the molecule is CCOc1cc(C)c(-c2cccc(C=Nc3ccc(OCC(=O)O)c(F)c3)c2)c(C)c1. The van der Waals surface area contributed by atoms with Crippen LogP contribution in [0.3, 0.4) is 0 Å². The van der Waals surface area contributed by atoms with E-state index in [-0.39, 0.29) is 5.75 Å². The maximum Gasteiger partial charge on any atom is 0.341 e. The summed E-state index contributed by atoms with van der Waals surface area (Å²) < 4.78 is 24.6. The molecule has 0 atom stereocenters. The zero-order valence-corrected chi connectivity index (χ0v) is 17.7.